The largest absolute Gasteiger partial charge is 0.346 e. The van der Waals surface area contributed by atoms with Gasteiger partial charge in [-0.3, -0.25) is 4.79 Å². The summed E-state index contributed by atoms with van der Waals surface area (Å²) in [7, 11) is 2.11. The van der Waals surface area contributed by atoms with Crippen molar-refractivity contribution in [1.29, 1.82) is 0 Å². The number of piperazine rings is 1. The Kier molecular flexibility index (Phi) is 4.58. The quantitative estimate of drug-likeness (QED) is 0.937. The Morgan fingerprint density at radius 2 is 2.04 bits per heavy atom. The second kappa shape index (κ2) is 6.64. The van der Waals surface area contributed by atoms with E-state index >= 15 is 0 Å². The number of thiazole rings is 1. The molecule has 0 aliphatic carbocycles. The Bertz CT molecular complexity index is 710. The number of carbonyl (C=O) groups excluding carboxylic acids is 1. The second-order valence-electron chi connectivity index (χ2n) is 5.68. The van der Waals surface area contributed by atoms with E-state index in [1.807, 2.05) is 5.38 Å². The summed E-state index contributed by atoms with van der Waals surface area (Å²) in [4.78, 5) is 20.1. The van der Waals surface area contributed by atoms with E-state index in [0.717, 1.165) is 31.3 Å². The molecule has 0 bridgehead atoms. The molecular formula is C16H19FN4OS. The molecule has 7 heteroatoms. The van der Waals surface area contributed by atoms with Crippen molar-refractivity contribution in [3.8, 4) is 11.3 Å². The molecule has 1 aliphatic rings. The van der Waals surface area contributed by atoms with Gasteiger partial charge in [0, 0.05) is 49.7 Å². The van der Waals surface area contributed by atoms with Crippen molar-refractivity contribution in [2.45, 2.75) is 6.92 Å². The SMILES string of the molecule is CC(=O)Nc1ccc(-c2csc(N3CCN(C)CC3)n2)c(F)c1. The zero-order valence-electron chi connectivity index (χ0n) is 13.2. The average Bonchev–Trinajstić information content (AvgIpc) is 2.97. The third-order valence-corrected chi connectivity index (χ3v) is 4.73. The van der Waals surface area contributed by atoms with Crippen LogP contribution in [0.5, 0.6) is 0 Å². The molecule has 0 saturated carbocycles. The maximum absolute atomic E-state index is 14.3. The van der Waals surface area contributed by atoms with Crippen molar-refractivity contribution in [2.24, 2.45) is 0 Å². The average molecular weight is 334 g/mol. The van der Waals surface area contributed by atoms with Crippen molar-refractivity contribution in [3.05, 3.63) is 29.4 Å². The lowest BCUT2D eigenvalue weighted by atomic mass is 10.1. The molecule has 23 heavy (non-hydrogen) atoms. The van der Waals surface area contributed by atoms with Gasteiger partial charge in [0.1, 0.15) is 5.82 Å². The zero-order valence-corrected chi connectivity index (χ0v) is 14.0. The van der Waals surface area contributed by atoms with Crippen LogP contribution < -0.4 is 10.2 Å². The Hall–Kier alpha value is -1.99. The lowest BCUT2D eigenvalue weighted by Crippen LogP contribution is -2.44. The van der Waals surface area contributed by atoms with Crippen molar-refractivity contribution in [1.82, 2.24) is 9.88 Å². The number of hydrogen-bond acceptors (Lipinski definition) is 5. The summed E-state index contributed by atoms with van der Waals surface area (Å²) in [6.45, 7) is 5.29. The molecule has 0 atom stereocenters. The highest BCUT2D eigenvalue weighted by Crippen LogP contribution is 2.30. The fraction of sp³-hybridized carbons (Fsp3) is 0.375. The first-order chi connectivity index (χ1) is 11.0. The van der Waals surface area contributed by atoms with Crippen LogP contribution in [0.1, 0.15) is 6.92 Å². The Balaban J connectivity index is 1.79. The molecule has 2 aromatic rings. The van der Waals surface area contributed by atoms with E-state index in [0.29, 0.717) is 16.9 Å². The number of anilines is 2. The highest BCUT2D eigenvalue weighted by Gasteiger charge is 2.18. The normalized spacial score (nSPS) is 15.7. The van der Waals surface area contributed by atoms with Gasteiger partial charge in [-0.25, -0.2) is 9.37 Å². The summed E-state index contributed by atoms with van der Waals surface area (Å²) < 4.78 is 14.3. The molecule has 1 N–H and O–H groups in total. The van der Waals surface area contributed by atoms with Crippen LogP contribution in [-0.4, -0.2) is 49.0 Å². The maximum Gasteiger partial charge on any atom is 0.221 e. The monoisotopic (exact) mass is 334 g/mol. The van der Waals surface area contributed by atoms with Gasteiger partial charge in [0.15, 0.2) is 5.13 Å². The van der Waals surface area contributed by atoms with Crippen LogP contribution >= 0.6 is 11.3 Å². The van der Waals surface area contributed by atoms with Crippen molar-refractivity contribution < 1.29 is 9.18 Å². The number of halogens is 1. The van der Waals surface area contributed by atoms with Gasteiger partial charge in [-0.1, -0.05) is 0 Å². The van der Waals surface area contributed by atoms with Gasteiger partial charge in [0.25, 0.3) is 0 Å². The Labute approximate surface area is 138 Å². The molecule has 1 aromatic heterocycles. The number of hydrogen-bond donors (Lipinski definition) is 1. The molecule has 122 valence electrons. The molecule has 1 saturated heterocycles. The zero-order chi connectivity index (χ0) is 16.4. The van der Waals surface area contributed by atoms with Gasteiger partial charge in [0.2, 0.25) is 5.91 Å². The molecular weight excluding hydrogens is 315 g/mol. The van der Waals surface area contributed by atoms with Gasteiger partial charge in [0.05, 0.1) is 5.69 Å². The summed E-state index contributed by atoms with van der Waals surface area (Å²) in [5.74, 6) is -0.602. The van der Waals surface area contributed by atoms with E-state index in [1.54, 1.807) is 12.1 Å². The molecule has 1 fully saturated rings. The molecule has 2 heterocycles. The molecule has 3 rings (SSSR count). The van der Waals surface area contributed by atoms with E-state index < -0.39 is 0 Å². The molecule has 1 aliphatic heterocycles. The van der Waals surface area contributed by atoms with E-state index in [2.05, 4.69) is 27.1 Å². The predicted octanol–water partition coefficient (Wildman–Crippen LogP) is 2.66. The van der Waals surface area contributed by atoms with Crippen LogP contribution in [-0.2, 0) is 4.79 Å². The van der Waals surface area contributed by atoms with Crippen LogP contribution in [0.25, 0.3) is 11.3 Å². The molecule has 0 unspecified atom stereocenters. The highest BCUT2D eigenvalue weighted by molar-refractivity contribution is 7.14. The van der Waals surface area contributed by atoms with Gasteiger partial charge >= 0.3 is 0 Å². The van der Waals surface area contributed by atoms with E-state index in [1.165, 1.54) is 24.3 Å². The Morgan fingerprint density at radius 1 is 1.30 bits per heavy atom. The number of nitrogens with zero attached hydrogens (tertiary/aromatic N) is 3. The van der Waals surface area contributed by atoms with Crippen molar-refractivity contribution in [2.75, 3.05) is 43.4 Å². The lowest BCUT2D eigenvalue weighted by molar-refractivity contribution is -0.114. The number of amides is 1. The van der Waals surface area contributed by atoms with E-state index in [9.17, 15) is 9.18 Å². The first-order valence-electron chi connectivity index (χ1n) is 7.49. The van der Waals surface area contributed by atoms with Gasteiger partial charge in [-0.2, -0.15) is 0 Å². The van der Waals surface area contributed by atoms with Gasteiger partial charge in [-0.05, 0) is 25.2 Å². The van der Waals surface area contributed by atoms with Gasteiger partial charge in [-0.15, -0.1) is 11.3 Å². The van der Waals surface area contributed by atoms with Crippen LogP contribution in [0.2, 0.25) is 0 Å². The molecule has 1 aromatic carbocycles. The first kappa shape index (κ1) is 15.9. The fourth-order valence-electron chi connectivity index (χ4n) is 2.53. The van der Waals surface area contributed by atoms with Crippen LogP contribution in [0.15, 0.2) is 23.6 Å². The third kappa shape index (κ3) is 3.68. The van der Waals surface area contributed by atoms with Crippen molar-refractivity contribution in [3.63, 3.8) is 0 Å². The smallest absolute Gasteiger partial charge is 0.221 e. The summed E-state index contributed by atoms with van der Waals surface area (Å²) >= 11 is 1.54. The topological polar surface area (TPSA) is 48.5 Å². The molecule has 1 amide bonds. The highest BCUT2D eigenvalue weighted by atomic mass is 32.1. The van der Waals surface area contributed by atoms with Crippen LogP contribution in [0.4, 0.5) is 15.2 Å². The number of rotatable bonds is 3. The summed E-state index contributed by atoms with van der Waals surface area (Å²) in [5.41, 5.74) is 1.54. The number of benzene rings is 1. The standard InChI is InChI=1S/C16H19FN4OS/c1-11(22)18-12-3-4-13(14(17)9-12)15-10-23-16(19-15)21-7-5-20(2)6-8-21/h3-4,9-10H,5-8H2,1-2H3,(H,18,22). The van der Waals surface area contributed by atoms with Crippen LogP contribution in [0.3, 0.4) is 0 Å². The summed E-state index contributed by atoms with van der Waals surface area (Å²) in [6, 6.07) is 4.67. The number of nitrogens with one attached hydrogen (secondary N) is 1. The number of aromatic nitrogens is 1. The summed E-state index contributed by atoms with van der Waals surface area (Å²) in [6.07, 6.45) is 0. The van der Waals surface area contributed by atoms with E-state index in [-0.39, 0.29) is 11.7 Å². The van der Waals surface area contributed by atoms with Crippen molar-refractivity contribution >= 4 is 28.1 Å². The lowest BCUT2D eigenvalue weighted by Gasteiger charge is -2.32. The third-order valence-electron chi connectivity index (χ3n) is 3.83. The van der Waals surface area contributed by atoms with Crippen LogP contribution in [0, 0.1) is 5.82 Å². The second-order valence-corrected chi connectivity index (χ2v) is 6.52. The van der Waals surface area contributed by atoms with Gasteiger partial charge < -0.3 is 15.1 Å². The molecule has 0 spiro atoms. The minimum atomic E-state index is -0.383. The number of likely N-dealkylation sites (N-methyl/N-ethyl adjacent to an activating group) is 1. The predicted molar refractivity (Wildman–Crippen MR) is 91.5 cm³/mol. The minimum absolute atomic E-state index is 0.219. The molecule has 5 nitrogen and oxygen atoms in total. The first-order valence-corrected chi connectivity index (χ1v) is 8.37. The van der Waals surface area contributed by atoms with E-state index in [4.69, 9.17) is 0 Å². The minimum Gasteiger partial charge on any atom is -0.346 e. The Morgan fingerprint density at radius 3 is 2.70 bits per heavy atom. The summed E-state index contributed by atoms with van der Waals surface area (Å²) in [5, 5.41) is 5.38. The molecule has 0 radical (unpaired) electrons. The maximum atomic E-state index is 14.3. The fourth-order valence-corrected chi connectivity index (χ4v) is 3.41. The number of carbonyl (C=O) groups is 1.